The Morgan fingerprint density at radius 2 is 2.14 bits per heavy atom. The van der Waals surface area contributed by atoms with Crippen molar-refractivity contribution in [3.05, 3.63) is 54.0 Å². The first-order valence-electron chi connectivity index (χ1n) is 9.27. The zero-order valence-electron chi connectivity index (χ0n) is 16.7. The van der Waals surface area contributed by atoms with Crippen LogP contribution >= 0.6 is 0 Å². The molecule has 1 fully saturated rings. The number of nitrogens with zero attached hydrogens (tertiary/aromatic N) is 3. The fourth-order valence-electron chi connectivity index (χ4n) is 3.12. The zero-order chi connectivity index (χ0) is 21.1. The Kier molecular flexibility index (Phi) is 6.07. The first-order chi connectivity index (χ1) is 13.7. The first kappa shape index (κ1) is 21.0. The molecule has 1 aromatic heterocycles. The van der Waals surface area contributed by atoms with E-state index in [4.69, 9.17) is 4.74 Å². The molecule has 0 radical (unpaired) electrons. The predicted molar refractivity (Wildman–Crippen MR) is 110 cm³/mol. The van der Waals surface area contributed by atoms with E-state index in [0.717, 1.165) is 5.56 Å². The van der Waals surface area contributed by atoms with Gasteiger partial charge in [0.05, 0.1) is 10.5 Å². The molecule has 0 atom stereocenters. The number of hydrogen-bond acceptors (Lipinski definition) is 5. The van der Waals surface area contributed by atoms with E-state index in [0.29, 0.717) is 37.2 Å². The van der Waals surface area contributed by atoms with Gasteiger partial charge in [-0.05, 0) is 32.0 Å². The highest BCUT2D eigenvalue weighted by atomic mass is 32.2. The summed E-state index contributed by atoms with van der Waals surface area (Å²) in [4.78, 5) is 10.5. The lowest BCUT2D eigenvalue weighted by Crippen LogP contribution is -2.57. The molecule has 2 heterocycles. The molecule has 0 aliphatic carbocycles. The minimum absolute atomic E-state index is 0.0848. The summed E-state index contributed by atoms with van der Waals surface area (Å²) in [7, 11) is -1.47. The fourth-order valence-corrected chi connectivity index (χ4v) is 4.49. The Bertz CT molecular complexity index is 1010. The van der Waals surface area contributed by atoms with E-state index in [9.17, 15) is 12.8 Å². The van der Waals surface area contributed by atoms with Crippen molar-refractivity contribution in [2.45, 2.75) is 25.1 Å². The molecule has 0 saturated carbocycles. The first-order valence-corrected chi connectivity index (χ1v) is 10.9. The van der Waals surface area contributed by atoms with Crippen molar-refractivity contribution in [2.75, 3.05) is 25.9 Å². The van der Waals surface area contributed by atoms with Gasteiger partial charge in [0, 0.05) is 44.5 Å². The number of halogens is 1. The number of hydrogen-bond donors (Lipinski definition) is 1. The molecule has 0 unspecified atom stereocenters. The van der Waals surface area contributed by atoms with E-state index in [1.165, 1.54) is 12.1 Å². The lowest BCUT2D eigenvalue weighted by molar-refractivity contribution is 0.353. The van der Waals surface area contributed by atoms with Crippen LogP contribution < -0.4 is 10.1 Å². The van der Waals surface area contributed by atoms with E-state index in [2.05, 4.69) is 15.3 Å². The van der Waals surface area contributed by atoms with Crippen LogP contribution in [0.2, 0.25) is 0 Å². The molecule has 1 saturated heterocycles. The monoisotopic (exact) mass is 420 g/mol. The number of pyridine rings is 1. The van der Waals surface area contributed by atoms with Crippen LogP contribution in [0.3, 0.4) is 0 Å². The molecule has 156 valence electrons. The number of sulfone groups is 1. The van der Waals surface area contributed by atoms with Gasteiger partial charge in [-0.1, -0.05) is 12.1 Å². The van der Waals surface area contributed by atoms with E-state index in [-0.39, 0.29) is 11.6 Å². The van der Waals surface area contributed by atoms with Gasteiger partial charge in [-0.25, -0.2) is 17.8 Å². The number of benzene rings is 1. The van der Waals surface area contributed by atoms with Crippen LogP contribution in [0.15, 0.2) is 47.6 Å². The molecule has 0 spiro atoms. The maximum absolute atomic E-state index is 13.4. The van der Waals surface area contributed by atoms with Gasteiger partial charge in [0.2, 0.25) is 5.88 Å². The number of nitrogens with one attached hydrogen (secondary N) is 1. The molecular formula is C20H25FN4O3S. The molecular weight excluding hydrogens is 395 g/mol. The smallest absolute Gasteiger partial charge is 0.224 e. The van der Waals surface area contributed by atoms with Gasteiger partial charge in [0.15, 0.2) is 15.8 Å². The van der Waals surface area contributed by atoms with Crippen molar-refractivity contribution < 1.29 is 17.5 Å². The fraction of sp³-hybridized carbons (Fsp3) is 0.400. The molecule has 1 aliphatic rings. The summed E-state index contributed by atoms with van der Waals surface area (Å²) in [6, 6.07) is 9.50. The number of guanidine groups is 1. The van der Waals surface area contributed by atoms with Crippen molar-refractivity contribution in [1.82, 2.24) is 15.2 Å². The zero-order valence-corrected chi connectivity index (χ0v) is 17.5. The summed E-state index contributed by atoms with van der Waals surface area (Å²) in [5.74, 6) is 1.02. The molecule has 2 aromatic rings. The normalized spacial score (nSPS) is 18.3. The quantitative estimate of drug-likeness (QED) is 0.605. The van der Waals surface area contributed by atoms with Crippen molar-refractivity contribution >= 4 is 15.8 Å². The lowest BCUT2D eigenvalue weighted by Gasteiger charge is -2.39. The van der Waals surface area contributed by atoms with Crippen LogP contribution in [0.25, 0.3) is 0 Å². The van der Waals surface area contributed by atoms with Crippen LogP contribution in [-0.4, -0.2) is 54.9 Å². The third kappa shape index (κ3) is 4.84. The number of ether oxygens (including phenoxy) is 1. The summed E-state index contributed by atoms with van der Waals surface area (Å²) >= 11 is 0. The molecule has 7 nitrogen and oxygen atoms in total. The summed E-state index contributed by atoms with van der Waals surface area (Å²) in [5.41, 5.74) is 0.766. The van der Waals surface area contributed by atoms with E-state index in [1.807, 2.05) is 11.0 Å². The molecule has 29 heavy (non-hydrogen) atoms. The number of rotatable bonds is 4. The maximum Gasteiger partial charge on any atom is 0.224 e. The molecule has 1 aromatic carbocycles. The van der Waals surface area contributed by atoms with Gasteiger partial charge in [-0.15, -0.1) is 0 Å². The summed E-state index contributed by atoms with van der Waals surface area (Å²) in [5, 5.41) is 3.25. The Morgan fingerprint density at radius 3 is 2.83 bits per heavy atom. The Labute approximate surface area is 170 Å². The van der Waals surface area contributed by atoms with Crippen molar-refractivity contribution in [2.24, 2.45) is 4.99 Å². The Morgan fingerprint density at radius 1 is 1.34 bits per heavy atom. The van der Waals surface area contributed by atoms with Crippen LogP contribution in [0.4, 0.5) is 4.39 Å². The molecule has 3 rings (SSSR count). The molecule has 0 amide bonds. The van der Waals surface area contributed by atoms with Crippen LogP contribution in [0, 0.1) is 5.82 Å². The summed E-state index contributed by atoms with van der Waals surface area (Å²) in [6.45, 7) is 4.57. The highest BCUT2D eigenvalue weighted by molar-refractivity contribution is 7.92. The van der Waals surface area contributed by atoms with Gasteiger partial charge in [-0.3, -0.25) is 4.99 Å². The van der Waals surface area contributed by atoms with E-state index < -0.39 is 14.6 Å². The predicted octanol–water partition coefficient (Wildman–Crippen LogP) is 2.60. The van der Waals surface area contributed by atoms with Crippen molar-refractivity contribution in [3.63, 3.8) is 0 Å². The van der Waals surface area contributed by atoms with E-state index in [1.54, 1.807) is 45.3 Å². The number of aliphatic imine (C=N–C) groups is 1. The van der Waals surface area contributed by atoms with Gasteiger partial charge in [0.1, 0.15) is 11.6 Å². The highest BCUT2D eigenvalue weighted by Gasteiger charge is 2.40. The van der Waals surface area contributed by atoms with Crippen molar-refractivity contribution in [3.8, 4) is 11.6 Å². The van der Waals surface area contributed by atoms with Crippen molar-refractivity contribution in [1.29, 1.82) is 0 Å². The summed E-state index contributed by atoms with van der Waals surface area (Å²) in [6.07, 6.45) is 1.60. The summed E-state index contributed by atoms with van der Waals surface area (Å²) < 4.78 is 42.8. The van der Waals surface area contributed by atoms with Gasteiger partial charge in [-0.2, -0.15) is 0 Å². The topological polar surface area (TPSA) is 83.9 Å². The minimum atomic E-state index is -3.13. The molecule has 1 aliphatic heterocycles. The average Bonchev–Trinajstić information content (AvgIpc) is 2.66. The van der Waals surface area contributed by atoms with Gasteiger partial charge >= 0.3 is 0 Å². The molecule has 9 heteroatoms. The Balaban J connectivity index is 1.71. The second-order valence-electron chi connectivity index (χ2n) is 7.43. The second-order valence-corrected chi connectivity index (χ2v) is 10.2. The SMILES string of the molecule is CN=C(NCc1cccnc1Oc1cccc(F)c1)N1CCS(=O)(=O)C(C)(C)C1. The second kappa shape index (κ2) is 8.36. The number of aromatic nitrogens is 1. The van der Waals surface area contributed by atoms with E-state index >= 15 is 0 Å². The van der Waals surface area contributed by atoms with Gasteiger partial charge < -0.3 is 15.0 Å². The van der Waals surface area contributed by atoms with Crippen LogP contribution in [0.5, 0.6) is 11.6 Å². The largest absolute Gasteiger partial charge is 0.439 e. The molecule has 0 bridgehead atoms. The highest BCUT2D eigenvalue weighted by Crippen LogP contribution is 2.25. The third-order valence-electron chi connectivity index (χ3n) is 4.85. The average molecular weight is 421 g/mol. The van der Waals surface area contributed by atoms with Crippen LogP contribution in [-0.2, 0) is 16.4 Å². The van der Waals surface area contributed by atoms with Crippen LogP contribution in [0.1, 0.15) is 19.4 Å². The van der Waals surface area contributed by atoms with Gasteiger partial charge in [0.25, 0.3) is 0 Å². The maximum atomic E-state index is 13.4. The minimum Gasteiger partial charge on any atom is -0.439 e. The lowest BCUT2D eigenvalue weighted by atomic mass is 10.2. The standard InChI is InChI=1S/C20H25FN4O3S/c1-20(2)14-25(10-11-29(20,26)27)19(22-3)24-13-15-6-5-9-23-18(15)28-17-8-4-7-16(21)12-17/h4-9,12H,10-11,13-14H2,1-3H3,(H,22,24). The third-order valence-corrected chi connectivity index (χ3v) is 7.39. The molecule has 1 N–H and O–H groups in total. The Hall–Kier alpha value is -2.68.